The van der Waals surface area contributed by atoms with E-state index in [1.165, 1.54) is 7.11 Å². The average molecular weight is 284 g/mol. The molecule has 0 aromatic carbocycles. The molecule has 0 spiro atoms. The topological polar surface area (TPSA) is 119 Å². The van der Waals surface area contributed by atoms with Crippen molar-refractivity contribution in [2.24, 2.45) is 0 Å². The molecule has 0 amide bonds. The molecule has 0 bridgehead atoms. The molecule has 2 rings (SSSR count). The number of aliphatic hydroxyl groups is 1. The minimum Gasteiger partial charge on any atom is -0.389 e. The molecular weight excluding hydrogens is 264 g/mol. The lowest BCUT2D eigenvalue weighted by Crippen LogP contribution is -2.37. The number of aliphatic hydroxyl groups excluding tert-OH is 1. The van der Waals surface area contributed by atoms with E-state index in [1.54, 1.807) is 0 Å². The zero-order valence-electron chi connectivity index (χ0n) is 11.4. The smallest absolute Gasteiger partial charge is 0.232 e. The van der Waals surface area contributed by atoms with Gasteiger partial charge < -0.3 is 30.5 Å². The van der Waals surface area contributed by atoms with E-state index in [0.29, 0.717) is 25.1 Å². The van der Waals surface area contributed by atoms with Crippen LogP contribution in [-0.2, 0) is 9.47 Å². The number of hydrogen-bond acceptors (Lipinski definition) is 9. The van der Waals surface area contributed by atoms with E-state index in [4.69, 9.17) is 15.2 Å². The van der Waals surface area contributed by atoms with E-state index < -0.39 is 6.10 Å². The maximum absolute atomic E-state index is 9.58. The summed E-state index contributed by atoms with van der Waals surface area (Å²) in [5.74, 6) is 1.00. The van der Waals surface area contributed by atoms with Crippen molar-refractivity contribution in [1.29, 1.82) is 0 Å². The van der Waals surface area contributed by atoms with Gasteiger partial charge in [-0.25, -0.2) is 0 Å². The van der Waals surface area contributed by atoms with Crippen molar-refractivity contribution in [3.05, 3.63) is 0 Å². The fraction of sp³-hybridized carbons (Fsp3) is 0.727. The van der Waals surface area contributed by atoms with Gasteiger partial charge in [-0.1, -0.05) is 0 Å². The maximum atomic E-state index is 9.58. The van der Waals surface area contributed by atoms with E-state index in [2.05, 4.69) is 20.3 Å². The summed E-state index contributed by atoms with van der Waals surface area (Å²) in [5, 5.41) is 12.5. The van der Waals surface area contributed by atoms with E-state index in [9.17, 15) is 5.11 Å². The van der Waals surface area contributed by atoms with Gasteiger partial charge in [0.1, 0.15) is 0 Å². The fourth-order valence-electron chi connectivity index (χ4n) is 1.82. The number of hydrogen-bond donors (Lipinski definition) is 3. The summed E-state index contributed by atoms with van der Waals surface area (Å²) >= 11 is 0. The molecular formula is C11H20N6O3. The van der Waals surface area contributed by atoms with Crippen molar-refractivity contribution in [1.82, 2.24) is 15.0 Å². The van der Waals surface area contributed by atoms with Crippen LogP contribution in [0.4, 0.5) is 17.8 Å². The summed E-state index contributed by atoms with van der Waals surface area (Å²) in [6.45, 7) is 3.23. The third kappa shape index (κ3) is 4.15. The second-order valence-electron chi connectivity index (χ2n) is 4.41. The van der Waals surface area contributed by atoms with Crippen LogP contribution < -0.4 is 16.0 Å². The Bertz CT molecular complexity index is 427. The predicted octanol–water partition coefficient (Wildman–Crippen LogP) is -1.29. The SMILES string of the molecule is COCC(O)CNc1nc(N)nc(N2CCOCC2)n1. The van der Waals surface area contributed by atoms with E-state index >= 15 is 0 Å². The second kappa shape index (κ2) is 7.17. The molecule has 4 N–H and O–H groups in total. The van der Waals surface area contributed by atoms with Crippen LogP contribution in [-0.4, -0.2) is 72.7 Å². The number of nitrogens with zero attached hydrogens (tertiary/aromatic N) is 4. The van der Waals surface area contributed by atoms with E-state index in [1.807, 2.05) is 4.90 Å². The molecule has 1 aromatic heterocycles. The van der Waals surface area contributed by atoms with Gasteiger partial charge in [-0.05, 0) is 0 Å². The number of methoxy groups -OCH3 is 1. The van der Waals surface area contributed by atoms with Crippen LogP contribution in [0.5, 0.6) is 0 Å². The lowest BCUT2D eigenvalue weighted by atomic mass is 10.4. The molecule has 0 saturated carbocycles. The third-order valence-corrected chi connectivity index (χ3v) is 2.79. The summed E-state index contributed by atoms with van der Waals surface area (Å²) in [5.41, 5.74) is 5.68. The zero-order chi connectivity index (χ0) is 14.4. The molecule has 2 heterocycles. The number of morpholine rings is 1. The van der Waals surface area contributed by atoms with Crippen molar-refractivity contribution < 1.29 is 14.6 Å². The van der Waals surface area contributed by atoms with Gasteiger partial charge in [0, 0.05) is 26.7 Å². The number of ether oxygens (including phenoxy) is 2. The Balaban J connectivity index is 2.00. The molecule has 20 heavy (non-hydrogen) atoms. The van der Waals surface area contributed by atoms with Crippen LogP contribution >= 0.6 is 0 Å². The Morgan fingerprint density at radius 3 is 2.85 bits per heavy atom. The minimum atomic E-state index is -0.634. The molecule has 0 aliphatic carbocycles. The van der Waals surface area contributed by atoms with Gasteiger partial charge in [-0.2, -0.15) is 15.0 Å². The molecule has 1 fully saturated rings. The van der Waals surface area contributed by atoms with Crippen molar-refractivity contribution >= 4 is 17.8 Å². The molecule has 1 unspecified atom stereocenters. The van der Waals surface area contributed by atoms with Gasteiger partial charge in [-0.15, -0.1) is 0 Å². The lowest BCUT2D eigenvalue weighted by molar-refractivity contribution is 0.0726. The van der Waals surface area contributed by atoms with Crippen molar-refractivity contribution in [2.45, 2.75) is 6.10 Å². The number of nitrogens with one attached hydrogen (secondary N) is 1. The molecule has 9 heteroatoms. The Morgan fingerprint density at radius 2 is 2.15 bits per heavy atom. The molecule has 1 aliphatic rings. The fourth-order valence-corrected chi connectivity index (χ4v) is 1.82. The number of anilines is 3. The van der Waals surface area contributed by atoms with Crippen LogP contribution in [0.3, 0.4) is 0 Å². The molecule has 112 valence electrons. The molecule has 1 saturated heterocycles. The Morgan fingerprint density at radius 1 is 1.40 bits per heavy atom. The molecule has 0 radical (unpaired) electrons. The summed E-state index contributed by atoms with van der Waals surface area (Å²) < 4.78 is 10.1. The van der Waals surface area contributed by atoms with Gasteiger partial charge in [-0.3, -0.25) is 0 Å². The van der Waals surface area contributed by atoms with Gasteiger partial charge in [0.05, 0.1) is 25.9 Å². The van der Waals surface area contributed by atoms with Crippen LogP contribution in [0.25, 0.3) is 0 Å². The first-order valence-corrected chi connectivity index (χ1v) is 6.44. The van der Waals surface area contributed by atoms with Gasteiger partial charge in [0.25, 0.3) is 0 Å². The highest BCUT2D eigenvalue weighted by Gasteiger charge is 2.16. The van der Waals surface area contributed by atoms with Crippen LogP contribution in [0.15, 0.2) is 0 Å². The van der Waals surface area contributed by atoms with E-state index in [0.717, 1.165) is 13.1 Å². The highest BCUT2D eigenvalue weighted by Crippen LogP contribution is 2.13. The molecule has 9 nitrogen and oxygen atoms in total. The maximum Gasteiger partial charge on any atom is 0.232 e. The van der Waals surface area contributed by atoms with Gasteiger partial charge in [0.2, 0.25) is 17.8 Å². The Labute approximate surface area is 117 Å². The normalized spacial score (nSPS) is 17.0. The van der Waals surface area contributed by atoms with Crippen LogP contribution in [0.1, 0.15) is 0 Å². The largest absolute Gasteiger partial charge is 0.389 e. The van der Waals surface area contributed by atoms with Gasteiger partial charge in [0.15, 0.2) is 0 Å². The molecule has 1 aromatic rings. The van der Waals surface area contributed by atoms with Gasteiger partial charge >= 0.3 is 0 Å². The van der Waals surface area contributed by atoms with Crippen molar-refractivity contribution in [3.8, 4) is 0 Å². The minimum absolute atomic E-state index is 0.144. The lowest BCUT2D eigenvalue weighted by Gasteiger charge is -2.26. The van der Waals surface area contributed by atoms with Crippen molar-refractivity contribution in [2.75, 3.05) is 62.5 Å². The number of rotatable bonds is 6. The number of nitrogen functional groups attached to an aromatic ring is 1. The first-order valence-electron chi connectivity index (χ1n) is 6.44. The highest BCUT2D eigenvalue weighted by atomic mass is 16.5. The standard InChI is InChI=1S/C11H20N6O3/c1-19-7-8(18)6-13-10-14-9(12)15-11(16-10)17-2-4-20-5-3-17/h8,18H,2-7H2,1H3,(H3,12,13,14,15,16). The quantitative estimate of drug-likeness (QED) is 0.586. The Hall–Kier alpha value is -1.71. The predicted molar refractivity (Wildman–Crippen MR) is 73.6 cm³/mol. The van der Waals surface area contributed by atoms with E-state index in [-0.39, 0.29) is 19.1 Å². The Kier molecular flexibility index (Phi) is 5.27. The highest BCUT2D eigenvalue weighted by molar-refractivity contribution is 5.42. The van der Waals surface area contributed by atoms with Crippen LogP contribution in [0, 0.1) is 0 Å². The van der Waals surface area contributed by atoms with Crippen molar-refractivity contribution in [3.63, 3.8) is 0 Å². The summed E-state index contributed by atoms with van der Waals surface area (Å²) in [4.78, 5) is 14.4. The molecule has 1 atom stereocenters. The number of aromatic nitrogens is 3. The first kappa shape index (κ1) is 14.7. The number of nitrogens with two attached hydrogens (primary N) is 1. The summed E-state index contributed by atoms with van der Waals surface area (Å²) in [6, 6.07) is 0. The summed E-state index contributed by atoms with van der Waals surface area (Å²) in [7, 11) is 1.53. The summed E-state index contributed by atoms with van der Waals surface area (Å²) in [6.07, 6.45) is -0.634. The third-order valence-electron chi connectivity index (χ3n) is 2.79. The first-order chi connectivity index (χ1) is 9.69. The zero-order valence-corrected chi connectivity index (χ0v) is 11.4. The second-order valence-corrected chi connectivity index (χ2v) is 4.41. The average Bonchev–Trinajstić information content (AvgIpc) is 2.46. The van der Waals surface area contributed by atoms with Crippen LogP contribution in [0.2, 0.25) is 0 Å². The monoisotopic (exact) mass is 284 g/mol. The molecule has 1 aliphatic heterocycles.